The highest BCUT2D eigenvalue weighted by Gasteiger charge is 2.62. The van der Waals surface area contributed by atoms with Crippen molar-refractivity contribution >= 4 is 23.5 Å². The summed E-state index contributed by atoms with van der Waals surface area (Å²) < 4.78 is 5.60. The van der Waals surface area contributed by atoms with Crippen molar-refractivity contribution in [3.8, 4) is 18.4 Å². The standard InChI is InChI=1S/C19H21NO3S/c1-6-7-13-11(2)16(9-15(13)21)23-18(22)17-14(19(17,3)4)8-12(10-20)24-5/h1,8,14,16-17H,7,9H2,2-5H3/b12-8+/t14-,16+,17+/m1/s1. The van der Waals surface area contributed by atoms with Crippen LogP contribution in [0.5, 0.6) is 0 Å². The number of Topliss-reactive ketones (excluding diaryl/α,β-unsaturated/α-hetero) is 1. The number of rotatable bonds is 5. The zero-order valence-corrected chi connectivity index (χ0v) is 15.2. The Morgan fingerprint density at radius 1 is 1.54 bits per heavy atom. The number of hydrogen-bond donors (Lipinski definition) is 0. The van der Waals surface area contributed by atoms with Gasteiger partial charge >= 0.3 is 5.97 Å². The molecule has 2 aliphatic rings. The minimum atomic E-state index is -0.509. The summed E-state index contributed by atoms with van der Waals surface area (Å²) in [5.41, 5.74) is 1.12. The highest BCUT2D eigenvalue weighted by molar-refractivity contribution is 8.02. The third-order valence-electron chi connectivity index (χ3n) is 5.03. The lowest BCUT2D eigenvalue weighted by Gasteiger charge is -2.13. The molecule has 1 saturated carbocycles. The molecule has 0 heterocycles. The van der Waals surface area contributed by atoms with Crippen molar-refractivity contribution < 1.29 is 14.3 Å². The van der Waals surface area contributed by atoms with Gasteiger partial charge in [0.25, 0.3) is 0 Å². The lowest BCUT2D eigenvalue weighted by molar-refractivity contribution is -0.150. The first-order valence-electron chi connectivity index (χ1n) is 7.80. The maximum absolute atomic E-state index is 12.5. The molecule has 4 nitrogen and oxygen atoms in total. The molecule has 0 spiro atoms. The summed E-state index contributed by atoms with van der Waals surface area (Å²) in [5.74, 6) is 1.83. The van der Waals surface area contributed by atoms with Crippen molar-refractivity contribution in [3.63, 3.8) is 0 Å². The van der Waals surface area contributed by atoms with Crippen LogP contribution in [0.3, 0.4) is 0 Å². The SMILES string of the molecule is C#CCC1=C(C)[C@@H](OC(=O)[C@@H]2[C@@H](/C=C(\C#N)SC)C2(C)C)CC1=O. The van der Waals surface area contributed by atoms with Gasteiger partial charge in [-0.1, -0.05) is 19.9 Å². The molecule has 0 saturated heterocycles. The maximum Gasteiger partial charge on any atom is 0.310 e. The molecule has 0 aromatic rings. The lowest BCUT2D eigenvalue weighted by Crippen LogP contribution is -2.20. The second-order valence-electron chi connectivity index (χ2n) is 6.77. The zero-order valence-electron chi connectivity index (χ0n) is 14.4. The summed E-state index contributed by atoms with van der Waals surface area (Å²) in [6, 6.07) is 2.13. The molecular weight excluding hydrogens is 322 g/mol. The second kappa shape index (κ2) is 6.87. The van der Waals surface area contributed by atoms with Gasteiger partial charge in [0, 0.05) is 12.0 Å². The van der Waals surface area contributed by atoms with E-state index < -0.39 is 6.10 Å². The van der Waals surface area contributed by atoms with Gasteiger partial charge in [-0.3, -0.25) is 9.59 Å². The van der Waals surface area contributed by atoms with Gasteiger partial charge in [-0.2, -0.15) is 5.26 Å². The van der Waals surface area contributed by atoms with Gasteiger partial charge in [0.15, 0.2) is 5.78 Å². The molecule has 126 valence electrons. The van der Waals surface area contributed by atoms with E-state index in [2.05, 4.69) is 12.0 Å². The average Bonchev–Trinajstić information content (AvgIpc) is 2.98. The summed E-state index contributed by atoms with van der Waals surface area (Å²) in [6.07, 6.45) is 8.92. The van der Waals surface area contributed by atoms with Crippen LogP contribution >= 0.6 is 11.8 Å². The van der Waals surface area contributed by atoms with Crippen LogP contribution in [0.25, 0.3) is 0 Å². The van der Waals surface area contributed by atoms with Crippen LogP contribution < -0.4 is 0 Å². The average molecular weight is 343 g/mol. The van der Waals surface area contributed by atoms with Crippen LogP contribution in [0, 0.1) is 40.9 Å². The summed E-state index contributed by atoms with van der Waals surface area (Å²) in [5, 5.41) is 9.06. The molecule has 0 radical (unpaired) electrons. The molecule has 5 heteroatoms. The quantitative estimate of drug-likeness (QED) is 0.435. The normalized spacial score (nSPS) is 28.3. The van der Waals surface area contributed by atoms with Crippen molar-refractivity contribution in [1.29, 1.82) is 5.26 Å². The van der Waals surface area contributed by atoms with Crippen LogP contribution in [0.15, 0.2) is 22.1 Å². The third-order valence-corrected chi connectivity index (χ3v) is 5.70. The number of ether oxygens (including phenoxy) is 1. The predicted octanol–water partition coefficient (Wildman–Crippen LogP) is 3.25. The fraction of sp³-hybridized carbons (Fsp3) is 0.526. The van der Waals surface area contributed by atoms with Crippen molar-refractivity contribution in [2.24, 2.45) is 17.3 Å². The second-order valence-corrected chi connectivity index (χ2v) is 7.62. The Morgan fingerprint density at radius 2 is 2.21 bits per heavy atom. The van der Waals surface area contributed by atoms with E-state index in [1.807, 2.05) is 26.2 Å². The predicted molar refractivity (Wildman–Crippen MR) is 93.6 cm³/mol. The molecule has 1 fully saturated rings. The first kappa shape index (κ1) is 18.4. The number of nitrogens with zero attached hydrogens (tertiary/aromatic N) is 1. The van der Waals surface area contributed by atoms with E-state index in [0.29, 0.717) is 10.5 Å². The first-order chi connectivity index (χ1) is 11.3. The van der Waals surface area contributed by atoms with E-state index in [9.17, 15) is 9.59 Å². The highest BCUT2D eigenvalue weighted by Crippen LogP contribution is 2.60. The molecule has 24 heavy (non-hydrogen) atoms. The van der Waals surface area contributed by atoms with Gasteiger partial charge in [-0.15, -0.1) is 24.1 Å². The Balaban J connectivity index is 2.09. The number of esters is 1. The monoisotopic (exact) mass is 343 g/mol. The molecule has 0 aromatic heterocycles. The largest absolute Gasteiger partial charge is 0.457 e. The van der Waals surface area contributed by atoms with Crippen molar-refractivity contribution in [1.82, 2.24) is 0 Å². The summed E-state index contributed by atoms with van der Waals surface area (Å²) in [7, 11) is 0. The number of carbonyl (C=O) groups excluding carboxylic acids is 2. The lowest BCUT2D eigenvalue weighted by atomic mass is 10.1. The van der Waals surface area contributed by atoms with Crippen LogP contribution in [-0.2, 0) is 14.3 Å². The minimum absolute atomic E-state index is 0.0151. The number of terminal acetylenes is 1. The van der Waals surface area contributed by atoms with Crippen molar-refractivity contribution in [2.75, 3.05) is 6.26 Å². The molecule has 3 atom stereocenters. The van der Waals surface area contributed by atoms with E-state index >= 15 is 0 Å². The van der Waals surface area contributed by atoms with Crippen molar-refractivity contribution in [3.05, 3.63) is 22.1 Å². The summed E-state index contributed by atoms with van der Waals surface area (Å²) >= 11 is 1.37. The number of carbonyl (C=O) groups is 2. The number of ketones is 1. The van der Waals surface area contributed by atoms with Gasteiger partial charge in [0.05, 0.1) is 17.2 Å². The molecule has 2 rings (SSSR count). The first-order valence-corrected chi connectivity index (χ1v) is 9.03. The van der Waals surface area contributed by atoms with Gasteiger partial charge < -0.3 is 4.74 Å². The molecule has 2 aliphatic carbocycles. The number of hydrogen-bond acceptors (Lipinski definition) is 5. The minimum Gasteiger partial charge on any atom is -0.457 e. The highest BCUT2D eigenvalue weighted by atomic mass is 32.2. The van der Waals surface area contributed by atoms with E-state index in [4.69, 9.17) is 16.4 Å². The molecule has 0 aromatic carbocycles. The Kier molecular flexibility index (Phi) is 5.26. The zero-order chi connectivity index (χ0) is 18.1. The Hall–Kier alpha value is -1.98. The van der Waals surface area contributed by atoms with E-state index in [1.165, 1.54) is 11.8 Å². The van der Waals surface area contributed by atoms with E-state index in [-0.39, 0.29) is 41.8 Å². The number of nitriles is 1. The third kappa shape index (κ3) is 3.28. The van der Waals surface area contributed by atoms with Crippen molar-refractivity contribution in [2.45, 2.75) is 39.7 Å². The van der Waals surface area contributed by atoms with Crippen LogP contribution in [-0.4, -0.2) is 24.1 Å². The molecule has 0 amide bonds. The molecule has 0 bridgehead atoms. The molecular formula is C19H21NO3S. The maximum atomic E-state index is 12.5. The van der Waals surface area contributed by atoms with Gasteiger partial charge in [0.1, 0.15) is 12.2 Å². The van der Waals surface area contributed by atoms with Gasteiger partial charge in [-0.25, -0.2) is 0 Å². The molecule has 0 N–H and O–H groups in total. The van der Waals surface area contributed by atoms with E-state index in [1.54, 1.807) is 6.92 Å². The van der Waals surface area contributed by atoms with Gasteiger partial charge in [0.2, 0.25) is 0 Å². The summed E-state index contributed by atoms with van der Waals surface area (Å²) in [4.78, 5) is 25.1. The fourth-order valence-corrected chi connectivity index (χ4v) is 3.67. The van der Waals surface area contributed by atoms with Gasteiger partial charge in [-0.05, 0) is 30.1 Å². The number of thioether (sulfide) groups is 1. The topological polar surface area (TPSA) is 67.2 Å². The molecule has 0 unspecified atom stereocenters. The molecule has 0 aliphatic heterocycles. The smallest absolute Gasteiger partial charge is 0.310 e. The van der Waals surface area contributed by atoms with Crippen LogP contribution in [0.4, 0.5) is 0 Å². The van der Waals surface area contributed by atoms with Crippen LogP contribution in [0.2, 0.25) is 0 Å². The van der Waals surface area contributed by atoms with Crippen LogP contribution in [0.1, 0.15) is 33.6 Å². The summed E-state index contributed by atoms with van der Waals surface area (Å²) in [6.45, 7) is 5.77. The fourth-order valence-electron chi connectivity index (χ4n) is 3.30. The van der Waals surface area contributed by atoms with E-state index in [0.717, 1.165) is 5.57 Å². The Bertz CT molecular complexity index is 718. The number of allylic oxidation sites excluding steroid dienone is 3. The Morgan fingerprint density at radius 3 is 2.75 bits per heavy atom. The Labute approximate surface area is 147 Å².